The van der Waals surface area contributed by atoms with Gasteiger partial charge in [-0.15, -0.1) is 0 Å². The Bertz CT molecular complexity index is 259. The maximum atomic E-state index is 5.50. The number of nitrogens with zero attached hydrogens (tertiary/aromatic N) is 2. The molecule has 66 valence electrons. The SMILES string of the molecule is CCc1cc(CCN)nc(N)n1. The summed E-state index contributed by atoms with van der Waals surface area (Å²) in [5.41, 5.74) is 12.8. The van der Waals surface area contributed by atoms with Gasteiger partial charge < -0.3 is 11.5 Å². The van der Waals surface area contributed by atoms with Gasteiger partial charge in [-0.1, -0.05) is 6.92 Å². The molecule has 1 heterocycles. The molecular weight excluding hydrogens is 152 g/mol. The number of anilines is 1. The second kappa shape index (κ2) is 4.01. The summed E-state index contributed by atoms with van der Waals surface area (Å²) >= 11 is 0. The minimum absolute atomic E-state index is 0.345. The lowest BCUT2D eigenvalue weighted by atomic mass is 10.2. The summed E-state index contributed by atoms with van der Waals surface area (Å²) in [7, 11) is 0. The van der Waals surface area contributed by atoms with Crippen molar-refractivity contribution in [3.8, 4) is 0 Å². The Morgan fingerprint density at radius 2 is 2.00 bits per heavy atom. The van der Waals surface area contributed by atoms with Crippen LogP contribution in [0.4, 0.5) is 5.95 Å². The third-order valence-electron chi connectivity index (χ3n) is 1.61. The molecule has 0 saturated carbocycles. The molecule has 0 fully saturated rings. The quantitative estimate of drug-likeness (QED) is 0.668. The number of rotatable bonds is 3. The van der Waals surface area contributed by atoms with Gasteiger partial charge in [-0.25, -0.2) is 9.97 Å². The van der Waals surface area contributed by atoms with Crippen molar-refractivity contribution in [2.45, 2.75) is 19.8 Å². The minimum atomic E-state index is 0.345. The van der Waals surface area contributed by atoms with E-state index in [9.17, 15) is 0 Å². The second-order valence-electron chi connectivity index (χ2n) is 2.60. The number of hydrogen-bond donors (Lipinski definition) is 2. The monoisotopic (exact) mass is 166 g/mol. The Kier molecular flexibility index (Phi) is 2.99. The van der Waals surface area contributed by atoms with Crippen LogP contribution in [-0.2, 0) is 12.8 Å². The third kappa shape index (κ3) is 2.17. The fourth-order valence-corrected chi connectivity index (χ4v) is 1.03. The molecule has 4 nitrogen and oxygen atoms in total. The van der Waals surface area contributed by atoms with Crippen LogP contribution >= 0.6 is 0 Å². The van der Waals surface area contributed by atoms with Gasteiger partial charge in [-0.2, -0.15) is 0 Å². The second-order valence-corrected chi connectivity index (χ2v) is 2.60. The van der Waals surface area contributed by atoms with Crippen LogP contribution in [0.5, 0.6) is 0 Å². The zero-order valence-corrected chi connectivity index (χ0v) is 7.25. The highest BCUT2D eigenvalue weighted by atomic mass is 15.0. The van der Waals surface area contributed by atoms with Crippen molar-refractivity contribution in [1.82, 2.24) is 9.97 Å². The normalized spacial score (nSPS) is 10.2. The minimum Gasteiger partial charge on any atom is -0.368 e. The number of hydrogen-bond acceptors (Lipinski definition) is 4. The van der Waals surface area contributed by atoms with E-state index >= 15 is 0 Å². The van der Waals surface area contributed by atoms with Crippen molar-refractivity contribution in [3.05, 3.63) is 17.5 Å². The van der Waals surface area contributed by atoms with E-state index in [1.807, 2.05) is 13.0 Å². The molecule has 0 bridgehead atoms. The average Bonchev–Trinajstić information content (AvgIpc) is 2.04. The summed E-state index contributed by atoms with van der Waals surface area (Å²) in [6, 6.07) is 1.95. The molecule has 0 aliphatic rings. The molecule has 1 aromatic rings. The summed E-state index contributed by atoms with van der Waals surface area (Å²) < 4.78 is 0. The van der Waals surface area contributed by atoms with E-state index in [2.05, 4.69) is 9.97 Å². The van der Waals surface area contributed by atoms with Crippen LogP contribution in [0.3, 0.4) is 0 Å². The van der Waals surface area contributed by atoms with E-state index in [0.29, 0.717) is 12.5 Å². The summed E-state index contributed by atoms with van der Waals surface area (Å²) in [4.78, 5) is 8.12. The first-order valence-corrected chi connectivity index (χ1v) is 4.08. The molecule has 0 unspecified atom stereocenters. The van der Waals surface area contributed by atoms with Crippen LogP contribution in [0.15, 0.2) is 6.07 Å². The third-order valence-corrected chi connectivity index (χ3v) is 1.61. The van der Waals surface area contributed by atoms with Gasteiger partial charge in [-0.05, 0) is 19.0 Å². The van der Waals surface area contributed by atoms with E-state index in [-0.39, 0.29) is 0 Å². The van der Waals surface area contributed by atoms with Gasteiger partial charge in [0.2, 0.25) is 5.95 Å². The fraction of sp³-hybridized carbons (Fsp3) is 0.500. The molecule has 1 aromatic heterocycles. The smallest absolute Gasteiger partial charge is 0.220 e. The van der Waals surface area contributed by atoms with Crippen LogP contribution in [0.25, 0.3) is 0 Å². The van der Waals surface area contributed by atoms with Gasteiger partial charge in [0.25, 0.3) is 0 Å². The Labute approximate surface area is 72.0 Å². The molecule has 0 aromatic carbocycles. The first-order valence-electron chi connectivity index (χ1n) is 4.08. The lowest BCUT2D eigenvalue weighted by Gasteiger charge is -2.02. The Morgan fingerprint density at radius 3 is 2.58 bits per heavy atom. The number of aryl methyl sites for hydroxylation is 1. The predicted molar refractivity (Wildman–Crippen MR) is 48.6 cm³/mol. The molecular formula is C8H14N4. The molecule has 0 radical (unpaired) electrons. The van der Waals surface area contributed by atoms with Gasteiger partial charge in [0, 0.05) is 17.8 Å². The number of nitrogen functional groups attached to an aromatic ring is 1. The fourth-order valence-electron chi connectivity index (χ4n) is 1.03. The van der Waals surface area contributed by atoms with Crippen LogP contribution in [-0.4, -0.2) is 16.5 Å². The van der Waals surface area contributed by atoms with E-state index in [4.69, 9.17) is 11.5 Å². The maximum Gasteiger partial charge on any atom is 0.220 e. The molecule has 0 aliphatic carbocycles. The Balaban J connectivity index is 2.90. The highest BCUT2D eigenvalue weighted by molar-refractivity contribution is 5.22. The molecule has 0 saturated heterocycles. The Morgan fingerprint density at radius 1 is 1.33 bits per heavy atom. The maximum absolute atomic E-state index is 5.50. The van der Waals surface area contributed by atoms with Crippen molar-refractivity contribution >= 4 is 5.95 Å². The van der Waals surface area contributed by atoms with E-state index in [0.717, 1.165) is 24.2 Å². The highest BCUT2D eigenvalue weighted by Gasteiger charge is 1.99. The van der Waals surface area contributed by atoms with E-state index in [1.54, 1.807) is 0 Å². The predicted octanol–water partition coefficient (Wildman–Crippen LogP) is 0.122. The highest BCUT2D eigenvalue weighted by Crippen LogP contribution is 2.03. The van der Waals surface area contributed by atoms with Crippen molar-refractivity contribution in [2.75, 3.05) is 12.3 Å². The first-order chi connectivity index (χ1) is 5.76. The molecule has 4 N–H and O–H groups in total. The molecule has 4 heteroatoms. The average molecular weight is 166 g/mol. The lowest BCUT2D eigenvalue weighted by Crippen LogP contribution is -2.08. The van der Waals surface area contributed by atoms with Crippen LogP contribution in [0.2, 0.25) is 0 Å². The molecule has 1 rings (SSSR count). The standard InChI is InChI=1S/C8H14N4/c1-2-6-5-7(3-4-9)12-8(10)11-6/h5H,2-4,9H2,1H3,(H2,10,11,12). The van der Waals surface area contributed by atoms with Crippen molar-refractivity contribution in [1.29, 1.82) is 0 Å². The molecule has 0 amide bonds. The van der Waals surface area contributed by atoms with Gasteiger partial charge in [-0.3, -0.25) is 0 Å². The van der Waals surface area contributed by atoms with E-state index in [1.165, 1.54) is 0 Å². The summed E-state index contributed by atoms with van der Waals surface area (Å²) in [6.45, 7) is 2.63. The van der Waals surface area contributed by atoms with Crippen molar-refractivity contribution in [2.24, 2.45) is 5.73 Å². The molecule has 0 atom stereocenters. The molecule has 0 spiro atoms. The van der Waals surface area contributed by atoms with Gasteiger partial charge in [0.1, 0.15) is 0 Å². The van der Waals surface area contributed by atoms with Gasteiger partial charge in [0.05, 0.1) is 0 Å². The summed E-state index contributed by atoms with van der Waals surface area (Å²) in [5, 5.41) is 0. The van der Waals surface area contributed by atoms with Gasteiger partial charge >= 0.3 is 0 Å². The van der Waals surface area contributed by atoms with Crippen LogP contribution < -0.4 is 11.5 Å². The Hall–Kier alpha value is -1.16. The van der Waals surface area contributed by atoms with Crippen molar-refractivity contribution in [3.63, 3.8) is 0 Å². The lowest BCUT2D eigenvalue weighted by molar-refractivity contribution is 0.892. The molecule has 0 aliphatic heterocycles. The zero-order valence-electron chi connectivity index (χ0n) is 7.25. The number of nitrogens with two attached hydrogens (primary N) is 2. The van der Waals surface area contributed by atoms with Crippen molar-refractivity contribution < 1.29 is 0 Å². The summed E-state index contributed by atoms with van der Waals surface area (Å²) in [5.74, 6) is 0.345. The van der Waals surface area contributed by atoms with Gasteiger partial charge in [0.15, 0.2) is 0 Å². The van der Waals surface area contributed by atoms with Crippen LogP contribution in [0, 0.1) is 0 Å². The largest absolute Gasteiger partial charge is 0.368 e. The zero-order chi connectivity index (χ0) is 8.97. The number of aromatic nitrogens is 2. The topological polar surface area (TPSA) is 77.8 Å². The molecule has 12 heavy (non-hydrogen) atoms. The summed E-state index contributed by atoms with van der Waals surface area (Å²) in [6.07, 6.45) is 1.64. The van der Waals surface area contributed by atoms with Crippen LogP contribution in [0.1, 0.15) is 18.3 Å². The van der Waals surface area contributed by atoms with E-state index < -0.39 is 0 Å². The first kappa shape index (κ1) is 8.93.